The number of piperazine rings is 1. The molecule has 4 saturated heterocycles. The molecule has 4 aliphatic rings. The molecule has 2 aromatic rings. The Morgan fingerprint density at radius 2 is 1.88 bits per heavy atom. The first kappa shape index (κ1) is 29.9. The molecule has 4 atom stereocenters. The molecule has 4 fully saturated rings. The van der Waals surface area contributed by atoms with Crippen molar-refractivity contribution in [3.63, 3.8) is 0 Å². The number of amides is 1. The van der Waals surface area contributed by atoms with Gasteiger partial charge in [-0.1, -0.05) is 0 Å². The quantitative estimate of drug-likeness (QED) is 0.407. The summed E-state index contributed by atoms with van der Waals surface area (Å²) in [7, 11) is 1.42. The number of halogens is 3. The van der Waals surface area contributed by atoms with Crippen molar-refractivity contribution in [1.29, 1.82) is 0 Å². The molecule has 2 bridgehead atoms. The number of fused-ring (bicyclic) bond motifs is 4. The number of anilines is 1. The van der Waals surface area contributed by atoms with E-state index in [-0.39, 0.29) is 45.3 Å². The molecule has 2 unspecified atom stereocenters. The van der Waals surface area contributed by atoms with E-state index in [1.807, 2.05) is 30.6 Å². The average molecular weight is 639 g/mol. The normalized spacial score (nSPS) is 27.5. The zero-order valence-electron chi connectivity index (χ0n) is 24.3. The summed E-state index contributed by atoms with van der Waals surface area (Å²) in [6, 6.07) is 1.52. The predicted molar refractivity (Wildman–Crippen MR) is 155 cm³/mol. The van der Waals surface area contributed by atoms with Gasteiger partial charge in [-0.3, -0.25) is 14.6 Å². The van der Waals surface area contributed by atoms with Crippen molar-refractivity contribution < 1.29 is 27.8 Å². The number of nitrogens with zero attached hydrogens (tertiary/aromatic N) is 5. The van der Waals surface area contributed by atoms with E-state index in [9.17, 15) is 18.4 Å². The first-order valence-corrected chi connectivity index (χ1v) is 15.0. The Morgan fingerprint density at radius 1 is 1.20 bits per heavy atom. The maximum absolute atomic E-state index is 15.0. The molecule has 6 rings (SSSR count). The number of rotatable bonds is 3. The molecule has 5 heterocycles. The van der Waals surface area contributed by atoms with Gasteiger partial charge >= 0.3 is 12.1 Å². The highest BCUT2D eigenvalue weighted by molar-refractivity contribution is 9.10. The molecule has 0 N–H and O–H groups in total. The van der Waals surface area contributed by atoms with Crippen LogP contribution in [0.25, 0.3) is 10.9 Å². The molecule has 224 valence electrons. The summed E-state index contributed by atoms with van der Waals surface area (Å²) in [6.07, 6.45) is 4.66. The van der Waals surface area contributed by atoms with Crippen LogP contribution in [0, 0.1) is 5.82 Å². The highest BCUT2D eigenvalue weighted by atomic mass is 79.9. The van der Waals surface area contributed by atoms with E-state index in [1.54, 1.807) is 6.07 Å². The van der Waals surface area contributed by atoms with Crippen LogP contribution >= 0.6 is 15.9 Å². The number of aromatic nitrogens is 2. The number of carbonyl (C=O) groups excluding carboxylic acids is 2. The van der Waals surface area contributed by atoms with Gasteiger partial charge in [-0.2, -0.15) is 9.97 Å². The van der Waals surface area contributed by atoms with Gasteiger partial charge in [0.05, 0.1) is 23.7 Å². The number of alkyl halides is 1. The maximum Gasteiger partial charge on any atom is 0.410 e. The zero-order valence-corrected chi connectivity index (χ0v) is 25.8. The third-order valence-electron chi connectivity index (χ3n) is 8.54. The molecular weight excluding hydrogens is 600 g/mol. The van der Waals surface area contributed by atoms with E-state index in [0.717, 1.165) is 25.8 Å². The first-order chi connectivity index (χ1) is 19.3. The lowest BCUT2D eigenvalue weighted by atomic mass is 9.97. The molecule has 4 aliphatic heterocycles. The third kappa shape index (κ3) is 5.86. The monoisotopic (exact) mass is 637 g/mol. The average Bonchev–Trinajstić information content (AvgIpc) is 3.49. The van der Waals surface area contributed by atoms with Gasteiger partial charge in [0, 0.05) is 36.1 Å². The van der Waals surface area contributed by atoms with Crippen LogP contribution in [0.2, 0.25) is 0 Å². The number of hydrogen-bond donors (Lipinski definition) is 0. The van der Waals surface area contributed by atoms with Crippen LogP contribution in [0.4, 0.5) is 19.4 Å². The lowest BCUT2D eigenvalue weighted by molar-refractivity contribution is 0.0122. The number of benzene rings is 1. The molecule has 0 saturated carbocycles. The van der Waals surface area contributed by atoms with Crippen molar-refractivity contribution in [1.82, 2.24) is 19.8 Å². The zero-order chi connectivity index (χ0) is 29.7. The van der Waals surface area contributed by atoms with Crippen molar-refractivity contribution in [2.24, 2.45) is 0 Å². The van der Waals surface area contributed by atoms with E-state index in [2.05, 4.69) is 37.7 Å². The van der Waals surface area contributed by atoms with Crippen molar-refractivity contribution >= 4 is 45.0 Å². The van der Waals surface area contributed by atoms with Crippen molar-refractivity contribution in [2.75, 3.05) is 38.2 Å². The van der Waals surface area contributed by atoms with Gasteiger partial charge in [0.15, 0.2) is 12.1 Å². The van der Waals surface area contributed by atoms with Gasteiger partial charge in [-0.15, -0.1) is 0 Å². The van der Waals surface area contributed by atoms with Crippen LogP contribution < -0.4 is 9.64 Å². The van der Waals surface area contributed by atoms with Gasteiger partial charge < -0.3 is 14.4 Å². The smallest absolute Gasteiger partial charge is 0.410 e. The molecule has 1 aromatic carbocycles. The van der Waals surface area contributed by atoms with Crippen LogP contribution in [0.3, 0.4) is 0 Å². The minimum Gasteiger partial charge on any atom is -0.467 e. The Bertz CT molecular complexity index is 1330. The summed E-state index contributed by atoms with van der Waals surface area (Å²) >= 11 is 3.13. The first-order valence-electron chi connectivity index (χ1n) is 14.2. The van der Waals surface area contributed by atoms with Gasteiger partial charge in [0.25, 0.3) is 0 Å². The molecule has 1 amide bonds. The SMILES string of the molecule is COc1nc(N2CC3CCC(C2)N3C(=O)OC(C)(C)C)c2cc(C=O)c(Br)c(F)c2n1.C[C@@]12CCCN1C[C@H](F)C2. The van der Waals surface area contributed by atoms with E-state index in [4.69, 9.17) is 9.47 Å². The summed E-state index contributed by atoms with van der Waals surface area (Å²) in [5.41, 5.74) is -0.0870. The summed E-state index contributed by atoms with van der Waals surface area (Å²) in [6.45, 7) is 10.6. The minimum absolute atomic E-state index is 0.0362. The Labute approximate surface area is 247 Å². The molecule has 0 spiro atoms. The summed E-state index contributed by atoms with van der Waals surface area (Å²) < 4.78 is 38.7. The van der Waals surface area contributed by atoms with Crippen molar-refractivity contribution in [2.45, 2.75) is 89.2 Å². The fraction of sp³-hybridized carbons (Fsp3) is 0.655. The number of aldehydes is 1. The highest BCUT2D eigenvalue weighted by Crippen LogP contribution is 2.40. The van der Waals surface area contributed by atoms with Crippen LogP contribution in [-0.4, -0.2) is 94.8 Å². The number of carbonyl (C=O) groups is 2. The van der Waals surface area contributed by atoms with Crippen LogP contribution in [0.15, 0.2) is 10.5 Å². The predicted octanol–water partition coefficient (Wildman–Crippen LogP) is 5.52. The fourth-order valence-corrected chi connectivity index (χ4v) is 7.09. The molecular formula is C29H38BrF2N5O4. The topological polar surface area (TPSA) is 88.1 Å². The van der Waals surface area contributed by atoms with Crippen molar-refractivity contribution in [3.05, 3.63) is 21.9 Å². The molecule has 0 aliphatic carbocycles. The standard InChI is InChI=1S/C21H24BrFN4O4.C8H14FN/c1-21(2,3)31-20(29)27-12-5-6-13(27)9-26(8-12)18-14-7-11(10-28)15(22)16(23)17(14)24-19(25-18)30-4;1-8-3-2-4-10(8)6-7(9)5-8/h7,10,12-13H,5-6,8-9H2,1-4H3;7H,2-6H2,1H3/t;7-,8+/m.1/s1. The number of ether oxygens (including phenoxy) is 2. The molecule has 12 heteroatoms. The Kier molecular flexibility index (Phi) is 8.19. The second-order valence-corrected chi connectivity index (χ2v) is 13.5. The van der Waals surface area contributed by atoms with Gasteiger partial charge in [0.2, 0.25) is 0 Å². The lowest BCUT2D eigenvalue weighted by Crippen LogP contribution is -2.57. The van der Waals surface area contributed by atoms with E-state index < -0.39 is 17.6 Å². The largest absolute Gasteiger partial charge is 0.467 e. The van der Waals surface area contributed by atoms with Gasteiger partial charge in [-0.25, -0.2) is 13.6 Å². The Balaban J connectivity index is 0.000000282. The number of methoxy groups -OCH3 is 1. The maximum atomic E-state index is 15.0. The minimum atomic E-state index is -0.642. The molecule has 1 aromatic heterocycles. The van der Waals surface area contributed by atoms with E-state index >= 15 is 0 Å². The number of hydrogen-bond acceptors (Lipinski definition) is 8. The second-order valence-electron chi connectivity index (χ2n) is 12.7. The van der Waals surface area contributed by atoms with Crippen molar-refractivity contribution in [3.8, 4) is 6.01 Å². The lowest BCUT2D eigenvalue weighted by Gasteiger charge is -2.42. The third-order valence-corrected chi connectivity index (χ3v) is 9.35. The van der Waals surface area contributed by atoms with Gasteiger partial charge in [-0.05, 0) is 88.3 Å². The molecule has 41 heavy (non-hydrogen) atoms. The van der Waals surface area contributed by atoms with Gasteiger partial charge in [0.1, 0.15) is 23.1 Å². The summed E-state index contributed by atoms with van der Waals surface area (Å²) in [5, 5.41) is 0.425. The summed E-state index contributed by atoms with van der Waals surface area (Å²) in [5.74, 6) is -0.158. The fourth-order valence-electron chi connectivity index (χ4n) is 6.70. The highest BCUT2D eigenvalue weighted by Gasteiger charge is 2.46. The van der Waals surface area contributed by atoms with Crippen LogP contribution in [0.1, 0.15) is 70.2 Å². The molecule has 9 nitrogen and oxygen atoms in total. The Morgan fingerprint density at radius 3 is 2.46 bits per heavy atom. The molecule has 0 radical (unpaired) electrons. The Hall–Kier alpha value is -2.60. The van der Waals surface area contributed by atoms with E-state index in [0.29, 0.717) is 37.1 Å². The summed E-state index contributed by atoms with van der Waals surface area (Å²) in [4.78, 5) is 39.0. The van der Waals surface area contributed by atoms with Crippen LogP contribution in [0.5, 0.6) is 6.01 Å². The van der Waals surface area contributed by atoms with E-state index in [1.165, 1.54) is 20.0 Å². The van der Waals surface area contributed by atoms with Crippen LogP contribution in [-0.2, 0) is 4.74 Å². The second kappa shape index (κ2) is 11.2.